The molecule has 1 aliphatic heterocycles. The van der Waals surface area contributed by atoms with Gasteiger partial charge in [-0.25, -0.2) is 0 Å². The van der Waals surface area contributed by atoms with Gasteiger partial charge in [0.1, 0.15) is 0 Å². The zero-order valence-corrected chi connectivity index (χ0v) is 12.8. The number of benzene rings is 2. The maximum atomic E-state index is 4.65. The summed E-state index contributed by atoms with van der Waals surface area (Å²) >= 11 is 1.80. The Bertz CT molecular complexity index is 641. The van der Waals surface area contributed by atoms with Crippen molar-refractivity contribution in [3.05, 3.63) is 48.0 Å². The smallest absolute Gasteiger partial charge is 0.156 e. The molecule has 0 unspecified atom stereocenters. The third-order valence-electron chi connectivity index (χ3n) is 3.61. The first-order valence-electron chi connectivity index (χ1n) is 7.02. The highest BCUT2D eigenvalue weighted by atomic mass is 32.2. The van der Waals surface area contributed by atoms with Crippen LogP contribution in [0.5, 0.6) is 0 Å². The molecule has 2 aromatic rings. The van der Waals surface area contributed by atoms with E-state index < -0.39 is 0 Å². The van der Waals surface area contributed by atoms with Gasteiger partial charge in [0, 0.05) is 24.3 Å². The van der Waals surface area contributed by atoms with E-state index in [-0.39, 0.29) is 5.41 Å². The number of amidine groups is 1. The predicted octanol–water partition coefficient (Wildman–Crippen LogP) is 4.06. The Morgan fingerprint density at radius 2 is 1.95 bits per heavy atom. The van der Waals surface area contributed by atoms with Crippen molar-refractivity contribution in [3.8, 4) is 0 Å². The summed E-state index contributed by atoms with van der Waals surface area (Å²) in [5, 5.41) is 7.18. The Kier molecular flexibility index (Phi) is 3.70. The van der Waals surface area contributed by atoms with E-state index in [1.807, 2.05) is 0 Å². The van der Waals surface area contributed by atoms with Crippen LogP contribution in [-0.4, -0.2) is 18.3 Å². The molecule has 1 heterocycles. The minimum atomic E-state index is 0.281. The molecule has 1 N–H and O–H groups in total. The number of thioether (sulfide) groups is 1. The van der Waals surface area contributed by atoms with Gasteiger partial charge >= 0.3 is 0 Å². The maximum Gasteiger partial charge on any atom is 0.156 e. The lowest BCUT2D eigenvalue weighted by atomic mass is 9.93. The lowest BCUT2D eigenvalue weighted by Gasteiger charge is -2.28. The Balaban J connectivity index is 1.73. The second-order valence-electron chi connectivity index (χ2n) is 6.07. The molecule has 3 rings (SSSR count). The minimum Gasteiger partial charge on any atom is -0.364 e. The Morgan fingerprint density at radius 1 is 1.15 bits per heavy atom. The van der Waals surface area contributed by atoms with Crippen LogP contribution in [0.4, 0.5) is 0 Å². The van der Waals surface area contributed by atoms with E-state index in [2.05, 4.69) is 66.6 Å². The van der Waals surface area contributed by atoms with Gasteiger partial charge in [-0.1, -0.05) is 68.1 Å². The molecule has 104 valence electrons. The van der Waals surface area contributed by atoms with Crippen LogP contribution in [0.25, 0.3) is 10.8 Å². The Morgan fingerprint density at radius 3 is 2.75 bits per heavy atom. The average Bonchev–Trinajstić information content (AvgIpc) is 2.46. The standard InChI is InChI=1S/C17H20N2S/c1-17(2)11-18-16(19-12-17)20-10-14-8-5-7-13-6-3-4-9-15(13)14/h3-9H,10-12H2,1-2H3,(H,18,19). The molecule has 3 heteroatoms. The van der Waals surface area contributed by atoms with E-state index in [9.17, 15) is 0 Å². The highest BCUT2D eigenvalue weighted by molar-refractivity contribution is 8.13. The van der Waals surface area contributed by atoms with E-state index in [1.54, 1.807) is 11.8 Å². The van der Waals surface area contributed by atoms with Gasteiger partial charge in [-0.3, -0.25) is 4.99 Å². The van der Waals surface area contributed by atoms with Crippen molar-refractivity contribution in [3.63, 3.8) is 0 Å². The summed E-state index contributed by atoms with van der Waals surface area (Å²) < 4.78 is 0. The fourth-order valence-corrected chi connectivity index (χ4v) is 3.25. The number of nitrogens with zero attached hydrogens (tertiary/aromatic N) is 1. The molecule has 0 atom stereocenters. The molecular formula is C17H20N2S. The lowest BCUT2D eigenvalue weighted by molar-refractivity contribution is 0.364. The molecule has 0 fully saturated rings. The lowest BCUT2D eigenvalue weighted by Crippen LogP contribution is -2.39. The maximum absolute atomic E-state index is 4.65. The first kappa shape index (κ1) is 13.5. The van der Waals surface area contributed by atoms with E-state index in [4.69, 9.17) is 0 Å². The van der Waals surface area contributed by atoms with Gasteiger partial charge in [-0.05, 0) is 16.3 Å². The van der Waals surface area contributed by atoms with Crippen molar-refractivity contribution in [2.75, 3.05) is 13.1 Å². The number of hydrogen-bond acceptors (Lipinski definition) is 3. The van der Waals surface area contributed by atoms with Gasteiger partial charge in [-0.15, -0.1) is 0 Å². The number of nitrogens with one attached hydrogen (secondary N) is 1. The first-order valence-corrected chi connectivity index (χ1v) is 8.00. The minimum absolute atomic E-state index is 0.281. The zero-order valence-electron chi connectivity index (χ0n) is 12.0. The summed E-state index contributed by atoms with van der Waals surface area (Å²) in [5.74, 6) is 0.966. The monoisotopic (exact) mass is 284 g/mol. The summed E-state index contributed by atoms with van der Waals surface area (Å²) in [6.07, 6.45) is 0. The van der Waals surface area contributed by atoms with Crippen molar-refractivity contribution in [2.45, 2.75) is 19.6 Å². The van der Waals surface area contributed by atoms with E-state index in [1.165, 1.54) is 16.3 Å². The van der Waals surface area contributed by atoms with Gasteiger partial charge < -0.3 is 5.32 Å². The summed E-state index contributed by atoms with van der Waals surface area (Å²) in [5.41, 5.74) is 1.66. The molecule has 1 aliphatic rings. The Hall–Kier alpha value is -1.48. The molecule has 0 aromatic heterocycles. The van der Waals surface area contributed by atoms with Crippen LogP contribution in [0.15, 0.2) is 47.5 Å². The summed E-state index contributed by atoms with van der Waals surface area (Å²) in [4.78, 5) is 4.65. The van der Waals surface area contributed by atoms with Gasteiger partial charge in [0.15, 0.2) is 5.17 Å². The van der Waals surface area contributed by atoms with Crippen LogP contribution < -0.4 is 5.32 Å². The topological polar surface area (TPSA) is 24.4 Å². The molecule has 0 spiro atoms. The first-order chi connectivity index (χ1) is 9.64. The largest absolute Gasteiger partial charge is 0.364 e. The fraction of sp³-hybridized carbons (Fsp3) is 0.353. The summed E-state index contributed by atoms with van der Waals surface area (Å²) in [7, 11) is 0. The molecule has 0 radical (unpaired) electrons. The second-order valence-corrected chi connectivity index (χ2v) is 7.03. The van der Waals surface area contributed by atoms with Crippen LogP contribution in [0.2, 0.25) is 0 Å². The summed E-state index contributed by atoms with van der Waals surface area (Å²) in [6.45, 7) is 6.41. The molecule has 2 aromatic carbocycles. The normalized spacial score (nSPS) is 17.6. The van der Waals surface area contributed by atoms with E-state index >= 15 is 0 Å². The number of fused-ring (bicyclic) bond motifs is 1. The predicted molar refractivity (Wildman–Crippen MR) is 89.3 cm³/mol. The van der Waals surface area contributed by atoms with Gasteiger partial charge in [0.05, 0.1) is 0 Å². The molecular weight excluding hydrogens is 264 g/mol. The number of aliphatic imine (C=N–C) groups is 1. The molecule has 0 saturated carbocycles. The number of rotatable bonds is 2. The van der Waals surface area contributed by atoms with Crippen LogP contribution in [0, 0.1) is 5.41 Å². The summed E-state index contributed by atoms with van der Waals surface area (Å²) in [6, 6.07) is 15.1. The number of hydrogen-bond donors (Lipinski definition) is 1. The molecule has 0 amide bonds. The van der Waals surface area contributed by atoms with Crippen LogP contribution in [-0.2, 0) is 5.75 Å². The van der Waals surface area contributed by atoms with E-state index in [0.29, 0.717) is 0 Å². The molecule has 0 bridgehead atoms. The van der Waals surface area contributed by atoms with Crippen molar-refractivity contribution in [2.24, 2.45) is 10.4 Å². The molecule has 2 nitrogen and oxygen atoms in total. The molecule has 0 saturated heterocycles. The van der Waals surface area contributed by atoms with E-state index in [0.717, 1.165) is 24.0 Å². The molecule has 20 heavy (non-hydrogen) atoms. The third kappa shape index (κ3) is 2.98. The van der Waals surface area contributed by atoms with Crippen molar-refractivity contribution in [1.29, 1.82) is 0 Å². The van der Waals surface area contributed by atoms with Gasteiger partial charge in [0.25, 0.3) is 0 Å². The highest BCUT2D eigenvalue weighted by Gasteiger charge is 2.22. The van der Waals surface area contributed by atoms with Crippen LogP contribution in [0.1, 0.15) is 19.4 Å². The van der Waals surface area contributed by atoms with Crippen molar-refractivity contribution in [1.82, 2.24) is 5.32 Å². The van der Waals surface area contributed by atoms with Crippen LogP contribution >= 0.6 is 11.8 Å². The fourth-order valence-electron chi connectivity index (χ4n) is 2.37. The van der Waals surface area contributed by atoms with Crippen LogP contribution in [0.3, 0.4) is 0 Å². The van der Waals surface area contributed by atoms with Gasteiger partial charge in [0.2, 0.25) is 0 Å². The Labute approximate surface area is 124 Å². The SMILES string of the molecule is CC1(C)CN=C(SCc2cccc3ccccc23)NC1. The van der Waals surface area contributed by atoms with Crippen molar-refractivity contribution < 1.29 is 0 Å². The molecule has 0 aliphatic carbocycles. The highest BCUT2D eigenvalue weighted by Crippen LogP contribution is 2.25. The third-order valence-corrected chi connectivity index (χ3v) is 4.62. The second kappa shape index (κ2) is 5.49. The zero-order chi connectivity index (χ0) is 14.0. The van der Waals surface area contributed by atoms with Crippen molar-refractivity contribution >= 4 is 27.7 Å². The van der Waals surface area contributed by atoms with Gasteiger partial charge in [-0.2, -0.15) is 0 Å². The quantitative estimate of drug-likeness (QED) is 0.899. The average molecular weight is 284 g/mol.